The van der Waals surface area contributed by atoms with E-state index in [1.807, 2.05) is 19.1 Å². The van der Waals surface area contributed by atoms with Gasteiger partial charge in [0.05, 0.1) is 18.7 Å². The van der Waals surface area contributed by atoms with Crippen LogP contribution in [-0.4, -0.2) is 25.9 Å². The van der Waals surface area contributed by atoms with Gasteiger partial charge in [-0.25, -0.2) is 0 Å². The van der Waals surface area contributed by atoms with Gasteiger partial charge in [0, 0.05) is 0 Å². The van der Waals surface area contributed by atoms with Crippen LogP contribution in [0, 0.1) is 5.92 Å². The molecule has 144 valence electrons. The Balaban J connectivity index is 1.90. The van der Waals surface area contributed by atoms with Crippen molar-refractivity contribution in [2.75, 3.05) is 13.7 Å². The van der Waals surface area contributed by atoms with E-state index in [1.165, 1.54) is 12.7 Å². The van der Waals surface area contributed by atoms with Crippen molar-refractivity contribution in [3.63, 3.8) is 0 Å². The minimum atomic E-state index is -0.249. The summed E-state index contributed by atoms with van der Waals surface area (Å²) in [4.78, 5) is 23.3. The van der Waals surface area contributed by atoms with E-state index in [0.29, 0.717) is 29.3 Å². The summed E-state index contributed by atoms with van der Waals surface area (Å²) in [5.41, 5.74) is 2.67. The summed E-state index contributed by atoms with van der Waals surface area (Å²) in [5, 5.41) is 2.91. The first-order valence-electron chi connectivity index (χ1n) is 9.07. The average molecular weight is 369 g/mol. The molecule has 1 N–H and O–H groups in total. The molecule has 0 aliphatic rings. The predicted molar refractivity (Wildman–Crippen MR) is 105 cm³/mol. The molecule has 1 amide bonds. The van der Waals surface area contributed by atoms with Crippen LogP contribution in [0.3, 0.4) is 0 Å². The van der Waals surface area contributed by atoms with E-state index in [0.717, 1.165) is 12.0 Å². The Morgan fingerprint density at radius 3 is 2.41 bits per heavy atom. The van der Waals surface area contributed by atoms with E-state index in [-0.39, 0.29) is 18.6 Å². The lowest BCUT2D eigenvalue weighted by Gasteiger charge is -2.16. The van der Waals surface area contributed by atoms with E-state index in [9.17, 15) is 9.59 Å². The smallest absolute Gasteiger partial charge is 0.258 e. The zero-order valence-electron chi connectivity index (χ0n) is 16.3. The van der Waals surface area contributed by atoms with Crippen LogP contribution < -0.4 is 14.8 Å². The Labute approximate surface area is 160 Å². The van der Waals surface area contributed by atoms with Crippen LogP contribution in [-0.2, 0) is 11.2 Å². The lowest BCUT2D eigenvalue weighted by Crippen LogP contribution is -2.31. The summed E-state index contributed by atoms with van der Waals surface area (Å²) < 4.78 is 10.6. The van der Waals surface area contributed by atoms with Gasteiger partial charge >= 0.3 is 0 Å². The Morgan fingerprint density at radius 2 is 1.81 bits per heavy atom. The van der Waals surface area contributed by atoms with Gasteiger partial charge in [-0.3, -0.25) is 9.59 Å². The predicted octanol–water partition coefficient (Wildman–Crippen LogP) is 3.96. The van der Waals surface area contributed by atoms with Crippen molar-refractivity contribution in [2.45, 2.75) is 33.2 Å². The molecule has 0 radical (unpaired) electrons. The molecule has 2 rings (SSSR count). The van der Waals surface area contributed by atoms with E-state index in [2.05, 4.69) is 31.3 Å². The van der Waals surface area contributed by atoms with Crippen molar-refractivity contribution in [1.82, 2.24) is 5.32 Å². The van der Waals surface area contributed by atoms with Crippen molar-refractivity contribution < 1.29 is 19.1 Å². The van der Waals surface area contributed by atoms with Crippen LogP contribution in [0.25, 0.3) is 0 Å². The van der Waals surface area contributed by atoms with Gasteiger partial charge in [-0.1, -0.05) is 38.1 Å². The summed E-state index contributed by atoms with van der Waals surface area (Å²) in [6.07, 6.45) is 1.72. The molecule has 0 fully saturated rings. The van der Waals surface area contributed by atoms with Gasteiger partial charge in [-0.15, -0.1) is 0 Å². The number of carbonyl (C=O) groups is 2. The van der Waals surface area contributed by atoms with Crippen LogP contribution in [0.15, 0.2) is 42.5 Å². The summed E-state index contributed by atoms with van der Waals surface area (Å²) in [7, 11) is 1.52. The maximum atomic E-state index is 12.2. The highest BCUT2D eigenvalue weighted by Crippen LogP contribution is 2.22. The highest BCUT2D eigenvalue weighted by atomic mass is 16.5. The Hall–Kier alpha value is -2.82. The lowest BCUT2D eigenvalue weighted by atomic mass is 10.00. The summed E-state index contributed by atoms with van der Waals surface area (Å²) in [6.45, 7) is 6.15. The monoisotopic (exact) mass is 369 g/mol. The minimum absolute atomic E-state index is 0.129. The third-order valence-corrected chi connectivity index (χ3v) is 4.20. The molecular weight excluding hydrogens is 342 g/mol. The number of hydrogen-bond donors (Lipinski definition) is 1. The maximum absolute atomic E-state index is 12.2. The van der Waals surface area contributed by atoms with Crippen molar-refractivity contribution >= 4 is 12.2 Å². The van der Waals surface area contributed by atoms with Crippen LogP contribution >= 0.6 is 0 Å². The lowest BCUT2D eigenvalue weighted by molar-refractivity contribution is -0.123. The summed E-state index contributed by atoms with van der Waals surface area (Å²) in [6, 6.07) is 13.0. The van der Waals surface area contributed by atoms with E-state index >= 15 is 0 Å². The number of ether oxygens (including phenoxy) is 2. The average Bonchev–Trinajstić information content (AvgIpc) is 2.66. The normalized spacial score (nSPS) is 11.7. The molecule has 0 heterocycles. The highest BCUT2D eigenvalue weighted by molar-refractivity contribution is 5.81. The molecule has 27 heavy (non-hydrogen) atoms. The first-order valence-corrected chi connectivity index (χ1v) is 9.07. The van der Waals surface area contributed by atoms with Crippen LogP contribution in [0.1, 0.15) is 48.3 Å². The largest absolute Gasteiger partial charge is 0.497 e. The molecule has 0 saturated carbocycles. The molecule has 2 aromatic rings. The molecule has 2 aromatic carbocycles. The van der Waals surface area contributed by atoms with Gasteiger partial charge in [-0.05, 0) is 48.6 Å². The number of hydrogen-bond acceptors (Lipinski definition) is 4. The number of nitrogens with one attached hydrogen (secondary N) is 1. The van der Waals surface area contributed by atoms with E-state index in [4.69, 9.17) is 9.47 Å². The topological polar surface area (TPSA) is 64.6 Å². The fraction of sp³-hybridized carbons (Fsp3) is 0.364. The Morgan fingerprint density at radius 1 is 1.11 bits per heavy atom. The summed E-state index contributed by atoms with van der Waals surface area (Å²) in [5.74, 6) is 1.27. The van der Waals surface area contributed by atoms with Crippen molar-refractivity contribution in [3.05, 3.63) is 59.2 Å². The van der Waals surface area contributed by atoms with Crippen LogP contribution in [0.5, 0.6) is 11.5 Å². The standard InChI is InChI=1S/C22H27NO4/c1-15(2)11-17-5-7-18(8-6-17)16(3)23-22(25)14-27-21-10-9-20(26-4)12-19(21)13-24/h5-10,12-13,15-16H,11,14H2,1-4H3,(H,23,25). The number of methoxy groups -OCH3 is 1. The minimum Gasteiger partial charge on any atom is -0.497 e. The van der Waals surface area contributed by atoms with Gasteiger partial charge in [-0.2, -0.15) is 0 Å². The zero-order chi connectivity index (χ0) is 19.8. The molecule has 5 nitrogen and oxygen atoms in total. The molecule has 0 saturated heterocycles. The zero-order valence-corrected chi connectivity index (χ0v) is 16.3. The van der Waals surface area contributed by atoms with Gasteiger partial charge in [0.25, 0.3) is 5.91 Å². The molecule has 0 aliphatic carbocycles. The Kier molecular flexibility index (Phi) is 7.41. The molecule has 1 atom stereocenters. The molecular formula is C22H27NO4. The van der Waals surface area contributed by atoms with Crippen LogP contribution in [0.2, 0.25) is 0 Å². The van der Waals surface area contributed by atoms with E-state index < -0.39 is 0 Å². The third-order valence-electron chi connectivity index (χ3n) is 4.20. The first kappa shape index (κ1) is 20.5. The molecule has 0 spiro atoms. The first-order chi connectivity index (χ1) is 12.9. The number of aldehydes is 1. The van der Waals surface area contributed by atoms with Crippen molar-refractivity contribution in [1.29, 1.82) is 0 Å². The van der Waals surface area contributed by atoms with Crippen molar-refractivity contribution in [2.24, 2.45) is 5.92 Å². The fourth-order valence-corrected chi connectivity index (χ4v) is 2.80. The second-order valence-electron chi connectivity index (χ2n) is 6.94. The number of rotatable bonds is 9. The number of amides is 1. The quantitative estimate of drug-likeness (QED) is 0.680. The second-order valence-corrected chi connectivity index (χ2v) is 6.94. The number of benzene rings is 2. The fourth-order valence-electron chi connectivity index (χ4n) is 2.80. The molecule has 0 bridgehead atoms. The third kappa shape index (κ3) is 6.13. The molecule has 5 heteroatoms. The van der Waals surface area contributed by atoms with E-state index in [1.54, 1.807) is 18.2 Å². The van der Waals surface area contributed by atoms with Gasteiger partial charge < -0.3 is 14.8 Å². The summed E-state index contributed by atoms with van der Waals surface area (Å²) >= 11 is 0. The molecule has 1 unspecified atom stereocenters. The number of carbonyl (C=O) groups excluding carboxylic acids is 2. The SMILES string of the molecule is COc1ccc(OCC(=O)NC(C)c2ccc(CC(C)C)cc2)c(C=O)c1. The molecule has 0 aromatic heterocycles. The second kappa shape index (κ2) is 9.76. The van der Waals surface area contributed by atoms with Crippen LogP contribution in [0.4, 0.5) is 0 Å². The Bertz CT molecular complexity index is 768. The van der Waals surface area contributed by atoms with Gasteiger partial charge in [0.15, 0.2) is 12.9 Å². The van der Waals surface area contributed by atoms with Gasteiger partial charge in [0.2, 0.25) is 0 Å². The molecule has 0 aliphatic heterocycles. The van der Waals surface area contributed by atoms with Gasteiger partial charge in [0.1, 0.15) is 11.5 Å². The van der Waals surface area contributed by atoms with Crippen molar-refractivity contribution in [3.8, 4) is 11.5 Å². The maximum Gasteiger partial charge on any atom is 0.258 e. The highest BCUT2D eigenvalue weighted by Gasteiger charge is 2.12.